The Morgan fingerprint density at radius 2 is 1.44 bits per heavy atom. The number of carboxylic acids is 2. The summed E-state index contributed by atoms with van der Waals surface area (Å²) in [6, 6.07) is 11.2. The SMILES string of the molecule is CC(C)Nc1ncc(-c2cc(N)cc(S(=O)(=O)CC(C)(C)C)c2)n(CC(=O)NCc2ccc(C(=N)N)cc2)c1=O.O=C(O)C(F)(F)F.O=C(O)C(F)(F)F. The number of nitrogens with one attached hydrogen (secondary N) is 3. The van der Waals surface area contributed by atoms with Gasteiger partial charge in [-0.05, 0) is 43.0 Å². The molecule has 298 valence electrons. The van der Waals surface area contributed by atoms with Crippen LogP contribution in [0.1, 0.15) is 45.7 Å². The van der Waals surface area contributed by atoms with Crippen molar-refractivity contribution in [2.45, 2.75) is 71.0 Å². The Balaban J connectivity index is 0.000000879. The summed E-state index contributed by atoms with van der Waals surface area (Å²) in [7, 11) is -3.69. The van der Waals surface area contributed by atoms with Crippen LogP contribution in [0.25, 0.3) is 11.3 Å². The molecule has 15 nitrogen and oxygen atoms in total. The molecule has 0 saturated heterocycles. The Kier molecular flexibility index (Phi) is 15.8. The standard InChI is InChI=1S/C28H37N7O4S.2C2HF3O2/c1-17(2)34-26-27(37)35(15-24(36)32-13-18-6-8-19(9-7-18)25(30)31)23(14-33-26)20-10-21(29)12-22(11-20)40(38,39)16-28(3,4)5;2*3-2(4,5)1(6)7/h6-12,14,17H,13,15-16,29H2,1-5H3,(H3,30,31)(H,32,36)(H,33,34);2*(H,6,7). The summed E-state index contributed by atoms with van der Waals surface area (Å²) in [6.07, 6.45) is -8.74. The predicted octanol–water partition coefficient (Wildman–Crippen LogP) is 4.00. The molecule has 1 amide bonds. The third kappa shape index (κ3) is 15.5. The van der Waals surface area contributed by atoms with Crippen LogP contribution < -0.4 is 27.7 Å². The highest BCUT2D eigenvalue weighted by molar-refractivity contribution is 7.91. The summed E-state index contributed by atoms with van der Waals surface area (Å²) in [5, 5.41) is 27.5. The Bertz CT molecular complexity index is 1970. The van der Waals surface area contributed by atoms with Crippen LogP contribution in [0.4, 0.5) is 37.8 Å². The first-order valence-corrected chi connectivity index (χ1v) is 16.9. The van der Waals surface area contributed by atoms with Gasteiger partial charge in [0.2, 0.25) is 5.91 Å². The van der Waals surface area contributed by atoms with E-state index < -0.39 is 51.0 Å². The summed E-state index contributed by atoms with van der Waals surface area (Å²) >= 11 is 0. The lowest BCUT2D eigenvalue weighted by molar-refractivity contribution is -0.193. The number of benzene rings is 2. The molecule has 0 aliphatic rings. The lowest BCUT2D eigenvalue weighted by Crippen LogP contribution is -2.35. The fourth-order valence-corrected chi connectivity index (χ4v) is 5.98. The molecule has 0 spiro atoms. The number of anilines is 2. The van der Waals surface area contributed by atoms with Crippen LogP contribution in [0, 0.1) is 10.8 Å². The van der Waals surface area contributed by atoms with Crippen molar-refractivity contribution in [1.82, 2.24) is 14.9 Å². The fourth-order valence-electron chi connectivity index (χ4n) is 4.05. The number of halogens is 6. The van der Waals surface area contributed by atoms with Gasteiger partial charge in [-0.15, -0.1) is 0 Å². The average molecular weight is 796 g/mol. The van der Waals surface area contributed by atoms with Gasteiger partial charge in [0, 0.05) is 29.4 Å². The minimum absolute atomic E-state index is 0.0271. The van der Waals surface area contributed by atoms with Crippen molar-refractivity contribution in [1.29, 1.82) is 5.41 Å². The Morgan fingerprint density at radius 1 is 0.944 bits per heavy atom. The number of aliphatic carboxylic acids is 2. The Hall–Kier alpha value is -5.67. The van der Waals surface area contributed by atoms with Crippen molar-refractivity contribution < 1.29 is 59.4 Å². The zero-order chi connectivity index (χ0) is 42.0. The summed E-state index contributed by atoms with van der Waals surface area (Å²) in [5.74, 6) is -6.04. The smallest absolute Gasteiger partial charge is 0.475 e. The molecule has 0 aliphatic heterocycles. The fraction of sp³-hybridized carbons (Fsp3) is 0.375. The highest BCUT2D eigenvalue weighted by atomic mass is 32.2. The van der Waals surface area contributed by atoms with E-state index in [-0.39, 0.29) is 52.8 Å². The van der Waals surface area contributed by atoms with Crippen LogP contribution in [-0.4, -0.2) is 76.0 Å². The number of amides is 1. The first kappa shape index (κ1) is 46.4. The maximum absolute atomic E-state index is 13.4. The third-order valence-electron chi connectivity index (χ3n) is 6.23. The second-order valence-corrected chi connectivity index (χ2v) is 14.8. The van der Waals surface area contributed by atoms with E-state index in [1.165, 1.54) is 22.9 Å². The first-order valence-electron chi connectivity index (χ1n) is 15.2. The quantitative estimate of drug-likeness (QED) is 0.0665. The van der Waals surface area contributed by atoms with Crippen LogP contribution in [0.15, 0.2) is 58.4 Å². The largest absolute Gasteiger partial charge is 0.490 e. The molecule has 0 atom stereocenters. The number of nitrogen functional groups attached to an aromatic ring is 2. The van der Waals surface area contributed by atoms with Crippen molar-refractivity contribution in [3.8, 4) is 11.3 Å². The summed E-state index contributed by atoms with van der Waals surface area (Å²) < 4.78 is 91.0. The maximum atomic E-state index is 13.4. The zero-order valence-electron chi connectivity index (χ0n) is 29.4. The molecule has 3 rings (SSSR count). The van der Waals surface area contributed by atoms with Crippen molar-refractivity contribution in [2.75, 3.05) is 16.8 Å². The average Bonchev–Trinajstić information content (AvgIpc) is 3.00. The van der Waals surface area contributed by atoms with Gasteiger partial charge in [-0.3, -0.25) is 19.6 Å². The van der Waals surface area contributed by atoms with Gasteiger partial charge >= 0.3 is 24.3 Å². The van der Waals surface area contributed by atoms with Gasteiger partial charge in [0.25, 0.3) is 5.56 Å². The molecule has 0 bridgehead atoms. The topological polar surface area (TPSA) is 261 Å². The number of nitrogens with zero attached hydrogens (tertiary/aromatic N) is 2. The number of sulfone groups is 1. The van der Waals surface area contributed by atoms with Crippen LogP contribution >= 0.6 is 0 Å². The molecule has 1 heterocycles. The molecule has 9 N–H and O–H groups in total. The molecule has 0 saturated carbocycles. The molecule has 0 fully saturated rings. The summed E-state index contributed by atoms with van der Waals surface area (Å²) in [4.78, 5) is 48.5. The lowest BCUT2D eigenvalue weighted by Gasteiger charge is -2.19. The van der Waals surface area contributed by atoms with Crippen LogP contribution in [0.5, 0.6) is 0 Å². The van der Waals surface area contributed by atoms with E-state index in [0.717, 1.165) is 5.56 Å². The van der Waals surface area contributed by atoms with E-state index in [2.05, 4.69) is 15.6 Å². The van der Waals surface area contributed by atoms with Crippen LogP contribution in [0.2, 0.25) is 0 Å². The van der Waals surface area contributed by atoms with Gasteiger partial charge in [0.15, 0.2) is 15.7 Å². The van der Waals surface area contributed by atoms with E-state index in [0.29, 0.717) is 11.1 Å². The number of rotatable bonds is 10. The molecule has 0 unspecified atom stereocenters. The zero-order valence-corrected chi connectivity index (χ0v) is 30.2. The molecule has 0 aliphatic carbocycles. The molecule has 0 radical (unpaired) electrons. The van der Waals surface area contributed by atoms with Crippen LogP contribution in [0.3, 0.4) is 0 Å². The second kappa shape index (κ2) is 18.4. The van der Waals surface area contributed by atoms with E-state index in [4.69, 9.17) is 36.7 Å². The van der Waals surface area contributed by atoms with Gasteiger partial charge in [-0.1, -0.05) is 45.0 Å². The number of carboxylic acid groups (broad SMARTS) is 2. The number of carbonyl (C=O) groups excluding carboxylic acids is 1. The van der Waals surface area contributed by atoms with Crippen molar-refractivity contribution >= 4 is 45.0 Å². The minimum Gasteiger partial charge on any atom is -0.475 e. The maximum Gasteiger partial charge on any atom is 0.490 e. The highest BCUT2D eigenvalue weighted by Gasteiger charge is 2.39. The molecule has 54 heavy (non-hydrogen) atoms. The number of hydrogen-bond donors (Lipinski definition) is 7. The minimum atomic E-state index is -5.08. The number of aromatic nitrogens is 2. The van der Waals surface area contributed by atoms with Gasteiger partial charge in [-0.2, -0.15) is 26.3 Å². The summed E-state index contributed by atoms with van der Waals surface area (Å²) in [5.41, 5.74) is 12.7. The Labute approximate surface area is 304 Å². The number of nitrogens with two attached hydrogens (primary N) is 2. The second-order valence-electron chi connectivity index (χ2n) is 12.8. The van der Waals surface area contributed by atoms with Gasteiger partial charge < -0.3 is 32.3 Å². The molecule has 22 heteroatoms. The van der Waals surface area contributed by atoms with E-state index in [1.807, 2.05) is 34.6 Å². The van der Waals surface area contributed by atoms with E-state index >= 15 is 0 Å². The van der Waals surface area contributed by atoms with Gasteiger partial charge in [0.1, 0.15) is 12.4 Å². The van der Waals surface area contributed by atoms with Gasteiger partial charge in [0.05, 0.1) is 22.5 Å². The lowest BCUT2D eigenvalue weighted by atomic mass is 10.0. The highest BCUT2D eigenvalue weighted by Crippen LogP contribution is 2.29. The number of amidine groups is 1. The number of carbonyl (C=O) groups is 3. The molecule has 2 aromatic carbocycles. The van der Waals surface area contributed by atoms with Crippen molar-refractivity contribution in [2.24, 2.45) is 11.1 Å². The first-order chi connectivity index (χ1) is 24.4. The number of alkyl halides is 6. The number of hydrogen-bond acceptors (Lipinski definition) is 10. The monoisotopic (exact) mass is 795 g/mol. The third-order valence-corrected chi connectivity index (χ3v) is 8.43. The summed E-state index contributed by atoms with van der Waals surface area (Å²) in [6.45, 7) is 9.05. The van der Waals surface area contributed by atoms with Crippen molar-refractivity contribution in [3.63, 3.8) is 0 Å². The molecule has 3 aromatic rings. The Morgan fingerprint density at radius 3 is 1.87 bits per heavy atom. The molecular formula is C32H39F6N7O8S. The van der Waals surface area contributed by atoms with Gasteiger partial charge in [-0.25, -0.2) is 23.0 Å². The van der Waals surface area contributed by atoms with E-state index in [9.17, 15) is 44.3 Å². The normalized spacial score (nSPS) is 11.7. The van der Waals surface area contributed by atoms with Crippen LogP contribution in [-0.2, 0) is 37.3 Å². The van der Waals surface area contributed by atoms with E-state index in [1.54, 1.807) is 30.3 Å². The van der Waals surface area contributed by atoms with Crippen molar-refractivity contribution in [3.05, 3.63) is 70.1 Å². The molecular weight excluding hydrogens is 756 g/mol. The molecule has 1 aromatic heterocycles. The predicted molar refractivity (Wildman–Crippen MR) is 185 cm³/mol.